The molecule has 0 fully saturated rings. The highest BCUT2D eigenvalue weighted by Gasteiger charge is 1.99. The first kappa shape index (κ1) is 37.9. The van der Waals surface area contributed by atoms with Crippen molar-refractivity contribution in [2.45, 2.75) is 182 Å². The minimum atomic E-state index is 0.833. The van der Waals surface area contributed by atoms with Gasteiger partial charge in [0.1, 0.15) is 0 Å². The van der Waals surface area contributed by atoms with Crippen molar-refractivity contribution in [1.82, 2.24) is 0 Å². The molecule has 0 atom stereocenters. The molecule has 0 spiro atoms. The zero-order chi connectivity index (χ0) is 27.0. The Kier molecular flexibility index (Phi) is 36.6. The van der Waals surface area contributed by atoms with Crippen LogP contribution in [0.25, 0.3) is 0 Å². The van der Waals surface area contributed by atoms with Crippen LogP contribution in [0.15, 0.2) is 0 Å². The van der Waals surface area contributed by atoms with E-state index in [1.807, 2.05) is 0 Å². The summed E-state index contributed by atoms with van der Waals surface area (Å²) in [7, 11) is 0. The molecule has 0 aliphatic carbocycles. The molecular weight excluding hydrogens is 480 g/mol. The predicted octanol–water partition coefficient (Wildman–Crippen LogP) is 12.1. The standard InChI is InChI=1S/2C16H32OS/c2*1-3-5-7-9-11-13-15-17-16(18)14-12-10-8-6-4-2/h2*3-15H2,1-2H3. The van der Waals surface area contributed by atoms with E-state index in [1.54, 1.807) is 0 Å². The van der Waals surface area contributed by atoms with Crippen molar-refractivity contribution in [2.75, 3.05) is 13.2 Å². The molecule has 2 nitrogen and oxygen atoms in total. The van der Waals surface area contributed by atoms with Gasteiger partial charge in [-0.15, -0.1) is 0 Å². The average Bonchev–Trinajstić information content (AvgIpc) is 2.88. The summed E-state index contributed by atoms with van der Waals surface area (Å²) < 4.78 is 11.2. The van der Waals surface area contributed by atoms with Gasteiger partial charge in [0.2, 0.25) is 0 Å². The van der Waals surface area contributed by atoms with E-state index >= 15 is 0 Å². The molecule has 216 valence electrons. The van der Waals surface area contributed by atoms with E-state index in [0.29, 0.717) is 0 Å². The quantitative estimate of drug-likeness (QED) is 0.0795. The van der Waals surface area contributed by atoms with Gasteiger partial charge in [0.25, 0.3) is 0 Å². The van der Waals surface area contributed by atoms with Gasteiger partial charge in [0.15, 0.2) is 10.1 Å². The van der Waals surface area contributed by atoms with Crippen LogP contribution in [-0.4, -0.2) is 23.3 Å². The number of unbranched alkanes of at least 4 members (excludes halogenated alkanes) is 18. The van der Waals surface area contributed by atoms with E-state index in [2.05, 4.69) is 27.7 Å². The van der Waals surface area contributed by atoms with Crippen LogP contribution in [0.2, 0.25) is 0 Å². The Morgan fingerprint density at radius 3 is 0.917 bits per heavy atom. The summed E-state index contributed by atoms with van der Waals surface area (Å²) in [5.74, 6) is 0. The summed E-state index contributed by atoms with van der Waals surface area (Å²) in [6.07, 6.45) is 30.7. The van der Waals surface area contributed by atoms with Gasteiger partial charge in [-0.05, 0) is 50.1 Å². The van der Waals surface area contributed by atoms with E-state index in [1.165, 1.54) is 141 Å². The Labute approximate surface area is 238 Å². The maximum absolute atomic E-state index is 5.59. The molecule has 0 rings (SSSR count). The van der Waals surface area contributed by atoms with Gasteiger partial charge in [-0.1, -0.05) is 143 Å². The third-order valence-electron chi connectivity index (χ3n) is 6.49. The summed E-state index contributed by atoms with van der Waals surface area (Å²) in [5, 5.41) is 1.67. The Morgan fingerprint density at radius 2 is 0.611 bits per heavy atom. The predicted molar refractivity (Wildman–Crippen MR) is 171 cm³/mol. The zero-order valence-corrected chi connectivity index (χ0v) is 26.7. The van der Waals surface area contributed by atoms with Gasteiger partial charge in [-0.3, -0.25) is 0 Å². The lowest BCUT2D eigenvalue weighted by Gasteiger charge is -2.07. The monoisotopic (exact) mass is 544 g/mol. The van der Waals surface area contributed by atoms with Crippen LogP contribution in [0.4, 0.5) is 0 Å². The van der Waals surface area contributed by atoms with Gasteiger partial charge in [-0.25, -0.2) is 0 Å². The second-order valence-electron chi connectivity index (χ2n) is 10.3. The number of thiocarbonyl (C=S) groups is 2. The fourth-order valence-electron chi connectivity index (χ4n) is 4.03. The SMILES string of the molecule is CCCCCCCCOC(=S)CCCCCCC.CCCCCCCCOC(=S)CCCCCCC. The Balaban J connectivity index is 0. The molecule has 0 aromatic heterocycles. The third kappa shape index (κ3) is 35.9. The summed E-state index contributed by atoms with van der Waals surface area (Å²) in [6.45, 7) is 10.7. The van der Waals surface area contributed by atoms with Gasteiger partial charge in [-0.2, -0.15) is 0 Å². The van der Waals surface area contributed by atoms with Gasteiger partial charge >= 0.3 is 0 Å². The molecule has 0 aromatic rings. The van der Waals surface area contributed by atoms with Crippen LogP contribution < -0.4 is 0 Å². The van der Waals surface area contributed by atoms with Crippen LogP contribution in [0.5, 0.6) is 0 Å². The normalized spacial score (nSPS) is 10.6. The Bertz CT molecular complexity index is 400. The highest BCUT2D eigenvalue weighted by atomic mass is 32.1. The minimum absolute atomic E-state index is 0.833. The average molecular weight is 545 g/mol. The Morgan fingerprint density at radius 1 is 0.361 bits per heavy atom. The molecule has 0 aromatic carbocycles. The van der Waals surface area contributed by atoms with E-state index in [4.69, 9.17) is 33.9 Å². The molecule has 0 unspecified atom stereocenters. The van der Waals surface area contributed by atoms with E-state index in [9.17, 15) is 0 Å². The van der Waals surface area contributed by atoms with Gasteiger partial charge in [0.05, 0.1) is 13.2 Å². The lowest BCUT2D eigenvalue weighted by molar-refractivity contribution is 0.290. The molecule has 4 heteroatoms. The highest BCUT2D eigenvalue weighted by Crippen LogP contribution is 2.10. The van der Waals surface area contributed by atoms with Crippen LogP contribution in [0.1, 0.15) is 182 Å². The van der Waals surface area contributed by atoms with Crippen molar-refractivity contribution in [3.63, 3.8) is 0 Å². The van der Waals surface area contributed by atoms with Crippen molar-refractivity contribution in [3.05, 3.63) is 0 Å². The van der Waals surface area contributed by atoms with Crippen molar-refractivity contribution >= 4 is 34.5 Å². The Hall–Kier alpha value is -0.220. The number of ether oxygens (including phenoxy) is 2. The number of hydrogen-bond donors (Lipinski definition) is 0. The van der Waals surface area contributed by atoms with E-state index in [0.717, 1.165) is 36.2 Å². The van der Waals surface area contributed by atoms with Crippen molar-refractivity contribution < 1.29 is 9.47 Å². The molecule has 0 saturated heterocycles. The number of rotatable bonds is 26. The van der Waals surface area contributed by atoms with Crippen molar-refractivity contribution in [1.29, 1.82) is 0 Å². The second-order valence-corrected chi connectivity index (χ2v) is 11.2. The van der Waals surface area contributed by atoms with Crippen LogP contribution in [0, 0.1) is 0 Å². The first-order chi connectivity index (χ1) is 17.6. The molecule has 0 aliphatic rings. The fraction of sp³-hybridized carbons (Fsp3) is 0.938. The minimum Gasteiger partial charge on any atom is -0.487 e. The van der Waals surface area contributed by atoms with Crippen molar-refractivity contribution in [2.24, 2.45) is 0 Å². The van der Waals surface area contributed by atoms with Gasteiger partial charge < -0.3 is 9.47 Å². The van der Waals surface area contributed by atoms with Crippen molar-refractivity contribution in [3.8, 4) is 0 Å². The molecular formula is C32H64O2S2. The molecule has 0 heterocycles. The molecule has 0 saturated carbocycles. The topological polar surface area (TPSA) is 18.5 Å². The summed E-state index contributed by atoms with van der Waals surface area (Å²) in [5.41, 5.74) is 0. The molecule has 0 amide bonds. The second kappa shape index (κ2) is 34.8. The van der Waals surface area contributed by atoms with Crippen LogP contribution in [-0.2, 0) is 9.47 Å². The molecule has 0 aliphatic heterocycles. The first-order valence-electron chi connectivity index (χ1n) is 15.9. The largest absolute Gasteiger partial charge is 0.487 e. The number of hydrogen-bond acceptors (Lipinski definition) is 4. The van der Waals surface area contributed by atoms with Gasteiger partial charge in [0, 0.05) is 12.8 Å². The molecule has 36 heavy (non-hydrogen) atoms. The molecule has 0 radical (unpaired) electrons. The smallest absolute Gasteiger partial charge is 0.159 e. The lowest BCUT2D eigenvalue weighted by Crippen LogP contribution is -2.03. The zero-order valence-electron chi connectivity index (χ0n) is 25.0. The summed E-state index contributed by atoms with van der Waals surface area (Å²) in [6, 6.07) is 0. The highest BCUT2D eigenvalue weighted by molar-refractivity contribution is 7.80. The lowest BCUT2D eigenvalue weighted by atomic mass is 10.1. The van der Waals surface area contributed by atoms with E-state index in [-0.39, 0.29) is 0 Å². The maximum atomic E-state index is 5.59. The van der Waals surface area contributed by atoms with E-state index < -0.39 is 0 Å². The molecule has 0 N–H and O–H groups in total. The third-order valence-corrected chi connectivity index (χ3v) is 7.13. The van der Waals surface area contributed by atoms with Crippen LogP contribution in [0.3, 0.4) is 0 Å². The summed E-state index contributed by atoms with van der Waals surface area (Å²) >= 11 is 10.5. The first-order valence-corrected chi connectivity index (χ1v) is 16.7. The fourth-order valence-corrected chi connectivity index (χ4v) is 4.48. The maximum Gasteiger partial charge on any atom is 0.159 e. The molecule has 0 bridgehead atoms. The van der Waals surface area contributed by atoms with Crippen LogP contribution >= 0.6 is 24.4 Å². The summed E-state index contributed by atoms with van der Waals surface area (Å²) in [4.78, 5) is 0.